The summed E-state index contributed by atoms with van der Waals surface area (Å²) in [6, 6.07) is 10.7. The number of nitrogens with one attached hydrogen (secondary N) is 2. The van der Waals surface area contributed by atoms with Gasteiger partial charge in [-0.15, -0.1) is 0 Å². The molecule has 0 unspecified atom stereocenters. The van der Waals surface area contributed by atoms with Gasteiger partial charge >= 0.3 is 0 Å². The van der Waals surface area contributed by atoms with Crippen LogP contribution in [0.1, 0.15) is 17.0 Å². The largest absolute Gasteiger partial charge is 0.495 e. The standard InChI is InChI=1S/C27H30ClN7O4S/c1-34(2)40(36,37)24-7-5-4-6-21(24)31-26-20(28)16-30-27(33-26)32-22-14-18-8-11-35(17-25-29-10-13-39-25)12-9-19(18)15-23(22)38-3/h4-7,10,13-16H,8-9,11-12,17H2,1-3H3,(H2,30,31,32,33). The summed E-state index contributed by atoms with van der Waals surface area (Å²) in [5, 5.41) is 6.54. The van der Waals surface area contributed by atoms with Gasteiger partial charge in [0.05, 0.1) is 37.4 Å². The highest BCUT2D eigenvalue weighted by Crippen LogP contribution is 2.34. The van der Waals surface area contributed by atoms with E-state index in [2.05, 4.69) is 36.6 Å². The second kappa shape index (κ2) is 11.8. The first-order valence-electron chi connectivity index (χ1n) is 12.6. The van der Waals surface area contributed by atoms with Crippen LogP contribution >= 0.6 is 11.6 Å². The zero-order valence-corrected chi connectivity index (χ0v) is 24.0. The molecule has 0 amide bonds. The van der Waals surface area contributed by atoms with Gasteiger partial charge in [0.2, 0.25) is 21.9 Å². The highest BCUT2D eigenvalue weighted by molar-refractivity contribution is 7.89. The zero-order valence-electron chi connectivity index (χ0n) is 22.4. The molecule has 1 aliphatic heterocycles. The fraction of sp³-hybridized carbons (Fsp3) is 0.296. The van der Waals surface area contributed by atoms with E-state index in [0.717, 1.165) is 30.2 Å². The first-order valence-corrected chi connectivity index (χ1v) is 14.4. The van der Waals surface area contributed by atoms with Crippen molar-refractivity contribution in [2.24, 2.45) is 0 Å². The normalized spacial score (nSPS) is 14.0. The predicted molar refractivity (Wildman–Crippen MR) is 153 cm³/mol. The van der Waals surface area contributed by atoms with E-state index in [4.69, 9.17) is 20.8 Å². The molecule has 0 spiro atoms. The van der Waals surface area contributed by atoms with E-state index in [1.165, 1.54) is 37.5 Å². The van der Waals surface area contributed by atoms with E-state index in [0.29, 0.717) is 29.6 Å². The van der Waals surface area contributed by atoms with Crippen LogP contribution < -0.4 is 15.4 Å². The molecule has 5 rings (SSSR count). The van der Waals surface area contributed by atoms with E-state index in [1.807, 2.05) is 6.07 Å². The van der Waals surface area contributed by atoms with Crippen LogP contribution in [0, 0.1) is 0 Å². The monoisotopic (exact) mass is 583 g/mol. The van der Waals surface area contributed by atoms with Crippen molar-refractivity contribution in [3.63, 3.8) is 0 Å². The summed E-state index contributed by atoms with van der Waals surface area (Å²) in [7, 11) is 0.882. The number of benzene rings is 2. The van der Waals surface area contributed by atoms with Crippen molar-refractivity contribution in [3.8, 4) is 5.75 Å². The second-order valence-corrected chi connectivity index (χ2v) is 12.0. The highest BCUT2D eigenvalue weighted by Gasteiger charge is 2.22. The molecule has 0 radical (unpaired) electrons. The van der Waals surface area contributed by atoms with E-state index >= 15 is 0 Å². The van der Waals surface area contributed by atoms with Gasteiger partial charge in [-0.1, -0.05) is 23.7 Å². The SMILES string of the molecule is COc1cc2c(cc1Nc1ncc(Cl)c(Nc3ccccc3S(=O)(=O)N(C)C)n1)CCN(Cc1ncco1)CC2. The van der Waals surface area contributed by atoms with E-state index in [-0.39, 0.29) is 21.7 Å². The van der Waals surface area contributed by atoms with Crippen LogP contribution in [-0.2, 0) is 29.4 Å². The van der Waals surface area contributed by atoms with Crippen molar-refractivity contribution in [2.45, 2.75) is 24.3 Å². The van der Waals surface area contributed by atoms with Gasteiger partial charge in [0, 0.05) is 27.2 Å². The number of oxazole rings is 1. The van der Waals surface area contributed by atoms with Gasteiger partial charge in [-0.2, -0.15) is 4.98 Å². The third-order valence-corrected chi connectivity index (χ3v) is 8.80. The van der Waals surface area contributed by atoms with Gasteiger partial charge in [0.15, 0.2) is 5.82 Å². The molecule has 13 heteroatoms. The molecule has 210 valence electrons. The Morgan fingerprint density at radius 1 is 1.07 bits per heavy atom. The number of anilines is 4. The maximum Gasteiger partial charge on any atom is 0.244 e. The van der Waals surface area contributed by atoms with Crippen molar-refractivity contribution >= 4 is 44.8 Å². The number of nitrogens with zero attached hydrogens (tertiary/aromatic N) is 5. The summed E-state index contributed by atoms with van der Waals surface area (Å²) < 4.78 is 37.9. The number of hydrogen-bond acceptors (Lipinski definition) is 10. The lowest BCUT2D eigenvalue weighted by molar-refractivity contribution is 0.250. The van der Waals surface area contributed by atoms with Crippen LogP contribution in [0.3, 0.4) is 0 Å². The average molecular weight is 584 g/mol. The van der Waals surface area contributed by atoms with Crippen LogP contribution in [0.4, 0.5) is 23.1 Å². The van der Waals surface area contributed by atoms with Crippen LogP contribution in [0.25, 0.3) is 0 Å². The number of halogens is 1. The van der Waals surface area contributed by atoms with Crippen LogP contribution in [0.2, 0.25) is 5.02 Å². The molecule has 2 N–H and O–H groups in total. The molecule has 3 heterocycles. The van der Waals surface area contributed by atoms with Gasteiger partial charge in [0.1, 0.15) is 21.9 Å². The van der Waals surface area contributed by atoms with Crippen molar-refractivity contribution in [3.05, 3.63) is 77.1 Å². The first kappa shape index (κ1) is 27.8. The third-order valence-electron chi connectivity index (χ3n) is 6.65. The Bertz CT molecular complexity index is 1600. The summed E-state index contributed by atoms with van der Waals surface area (Å²) >= 11 is 6.40. The molecule has 0 saturated heterocycles. The summed E-state index contributed by atoms with van der Waals surface area (Å²) in [5.74, 6) is 1.90. The average Bonchev–Trinajstić information content (AvgIpc) is 3.38. The minimum Gasteiger partial charge on any atom is -0.495 e. The first-order chi connectivity index (χ1) is 19.2. The molecule has 1 aliphatic rings. The lowest BCUT2D eigenvalue weighted by Crippen LogP contribution is -2.26. The van der Waals surface area contributed by atoms with E-state index in [9.17, 15) is 8.42 Å². The van der Waals surface area contributed by atoms with Gasteiger partial charge in [0.25, 0.3) is 0 Å². The Kier molecular flexibility index (Phi) is 8.22. The summed E-state index contributed by atoms with van der Waals surface area (Å²) in [6.07, 6.45) is 6.43. The Labute approximate surface area is 238 Å². The van der Waals surface area contributed by atoms with Crippen molar-refractivity contribution < 1.29 is 17.6 Å². The number of sulfonamides is 1. The number of aromatic nitrogens is 3. The van der Waals surface area contributed by atoms with Gasteiger partial charge < -0.3 is 19.8 Å². The number of hydrogen-bond donors (Lipinski definition) is 2. The van der Waals surface area contributed by atoms with E-state index in [1.54, 1.807) is 37.8 Å². The second-order valence-electron chi connectivity index (χ2n) is 9.45. The number of methoxy groups -OCH3 is 1. The Hall–Kier alpha value is -3.71. The molecule has 0 fully saturated rings. The smallest absolute Gasteiger partial charge is 0.244 e. The van der Waals surface area contributed by atoms with E-state index < -0.39 is 10.0 Å². The summed E-state index contributed by atoms with van der Waals surface area (Å²) in [5.41, 5.74) is 3.48. The third kappa shape index (κ3) is 6.04. The van der Waals surface area contributed by atoms with Crippen LogP contribution in [0.5, 0.6) is 5.75 Å². The summed E-state index contributed by atoms with van der Waals surface area (Å²) in [6.45, 7) is 2.41. The van der Waals surface area contributed by atoms with Crippen LogP contribution in [-0.4, -0.2) is 66.9 Å². The number of para-hydroxylation sites is 1. The van der Waals surface area contributed by atoms with Crippen molar-refractivity contribution in [1.82, 2.24) is 24.2 Å². The van der Waals surface area contributed by atoms with Gasteiger partial charge in [-0.05, 0) is 48.2 Å². The molecular formula is C27H30ClN7O4S. The Balaban J connectivity index is 1.38. The minimum absolute atomic E-state index is 0.105. The quantitative estimate of drug-likeness (QED) is 0.291. The number of ether oxygens (including phenoxy) is 1. The van der Waals surface area contributed by atoms with Crippen LogP contribution in [0.15, 0.2) is 64.4 Å². The molecule has 0 bridgehead atoms. The molecule has 40 heavy (non-hydrogen) atoms. The lowest BCUT2D eigenvalue weighted by Gasteiger charge is -2.17. The fourth-order valence-electron chi connectivity index (χ4n) is 4.50. The fourth-order valence-corrected chi connectivity index (χ4v) is 5.68. The molecule has 4 aromatic rings. The molecule has 2 aromatic carbocycles. The molecule has 0 aliphatic carbocycles. The molecule has 0 saturated carbocycles. The molecule has 2 aromatic heterocycles. The van der Waals surface area contributed by atoms with Gasteiger partial charge in [-0.25, -0.2) is 22.7 Å². The van der Waals surface area contributed by atoms with Gasteiger partial charge in [-0.3, -0.25) is 4.90 Å². The molecule has 11 nitrogen and oxygen atoms in total. The minimum atomic E-state index is -3.70. The maximum atomic E-state index is 12.8. The topological polar surface area (TPSA) is 126 Å². The lowest BCUT2D eigenvalue weighted by atomic mass is 10.0. The Morgan fingerprint density at radius 3 is 2.52 bits per heavy atom. The predicted octanol–water partition coefficient (Wildman–Crippen LogP) is 4.46. The number of rotatable bonds is 9. The number of fused-ring (bicyclic) bond motifs is 1. The zero-order chi connectivity index (χ0) is 28.3. The molecule has 0 atom stereocenters. The molecular weight excluding hydrogens is 554 g/mol. The maximum absolute atomic E-state index is 12.8. The Morgan fingerprint density at radius 2 is 1.82 bits per heavy atom. The highest BCUT2D eigenvalue weighted by atomic mass is 35.5. The summed E-state index contributed by atoms with van der Waals surface area (Å²) in [4.78, 5) is 15.5. The van der Waals surface area contributed by atoms with Crippen molar-refractivity contribution in [1.29, 1.82) is 0 Å². The van der Waals surface area contributed by atoms with Crippen molar-refractivity contribution in [2.75, 3.05) is 44.9 Å².